The number of nitrogens with one attached hydrogen (secondary N) is 2. The first-order valence-electron chi connectivity index (χ1n) is 13.1. The molecule has 3 aromatic rings. The lowest BCUT2D eigenvalue weighted by Gasteiger charge is -2.22. The maximum atomic E-state index is 12.9. The number of hydrogen-bond donors (Lipinski definition) is 4. The second-order valence-corrected chi connectivity index (χ2v) is 9.50. The number of hydrogen-bond acceptors (Lipinski definition) is 7. The highest BCUT2D eigenvalue weighted by Crippen LogP contribution is 2.41. The van der Waals surface area contributed by atoms with E-state index in [2.05, 4.69) is 41.6 Å². The topological polar surface area (TPSA) is 142 Å². The van der Waals surface area contributed by atoms with Gasteiger partial charge in [0.25, 0.3) is 5.91 Å². The molecule has 0 fully saturated rings. The van der Waals surface area contributed by atoms with Gasteiger partial charge in [0.05, 0.1) is 37.7 Å². The lowest BCUT2D eigenvalue weighted by molar-refractivity contribution is 0.0954. The molecular weight excluding hydrogens is 530 g/mol. The Hall–Kier alpha value is -4.18. The fourth-order valence-electron chi connectivity index (χ4n) is 3.72. The third kappa shape index (κ3) is 7.92. The molecule has 1 amide bonds. The van der Waals surface area contributed by atoms with Crippen LogP contribution in [0.4, 0.5) is 5.69 Å². The highest BCUT2D eigenvalue weighted by Gasteiger charge is 2.25. The number of nitrogens with two attached hydrogens (primary N) is 2. The minimum absolute atomic E-state index is 0.0105. The van der Waals surface area contributed by atoms with Crippen molar-refractivity contribution in [2.75, 3.05) is 32.6 Å². The molecule has 2 aromatic carbocycles. The van der Waals surface area contributed by atoms with Crippen molar-refractivity contribution in [1.29, 1.82) is 0 Å². The van der Waals surface area contributed by atoms with Crippen LogP contribution in [0.25, 0.3) is 17.0 Å². The van der Waals surface area contributed by atoms with Crippen LogP contribution < -0.4 is 31.7 Å². The number of benzene rings is 2. The summed E-state index contributed by atoms with van der Waals surface area (Å²) in [7, 11) is 3.14. The summed E-state index contributed by atoms with van der Waals surface area (Å²) in [6, 6.07) is 12.7. The summed E-state index contributed by atoms with van der Waals surface area (Å²) in [4.78, 5) is 12.9. The quantitative estimate of drug-likeness (QED) is 0.133. The highest BCUT2D eigenvalue weighted by molar-refractivity contribution is 6.31. The van der Waals surface area contributed by atoms with Crippen molar-refractivity contribution in [2.45, 2.75) is 34.6 Å². The number of anilines is 1. The van der Waals surface area contributed by atoms with Crippen LogP contribution in [0.5, 0.6) is 11.5 Å². The van der Waals surface area contributed by atoms with Gasteiger partial charge >= 0.3 is 0 Å². The first kappa shape index (κ1) is 32.0. The molecule has 1 aromatic heterocycles. The molecule has 1 aliphatic rings. The van der Waals surface area contributed by atoms with E-state index in [0.717, 1.165) is 22.9 Å². The van der Waals surface area contributed by atoms with Crippen LogP contribution in [-0.2, 0) is 0 Å². The summed E-state index contributed by atoms with van der Waals surface area (Å²) in [6.07, 6.45) is 1.98. The normalized spacial score (nSPS) is 12.0. The molecule has 0 saturated heterocycles. The van der Waals surface area contributed by atoms with E-state index in [-0.39, 0.29) is 18.1 Å². The summed E-state index contributed by atoms with van der Waals surface area (Å²) >= 11 is 6.20. The summed E-state index contributed by atoms with van der Waals surface area (Å²) in [5.74, 6) is 6.78. The molecule has 4 rings (SSSR count). The number of methoxy groups -OCH3 is 2. The number of halogens is 1. The van der Waals surface area contributed by atoms with Crippen LogP contribution in [0.3, 0.4) is 0 Å². The standard InChI is InChI=1S/C23H24ClN7O3.C4H10.C2H6/c1-33-19-4-3-5-20(34-2)22(19)18-11-16(23(32)28-12-21(25)29-26)30-31(18)17-8-9-27-15-10-13(24)6-7-14(15)17;1-4(2)3;1-2/h3-8,10-11,27H,9,12,26H2,1-2H3,(H2,25,29)(H,28,32);4H,1-3H3;1-2H3. The fourth-order valence-corrected chi connectivity index (χ4v) is 3.89. The summed E-state index contributed by atoms with van der Waals surface area (Å²) in [5, 5.41) is 14.6. The maximum absolute atomic E-state index is 12.9. The van der Waals surface area contributed by atoms with Gasteiger partial charge < -0.3 is 31.7 Å². The molecule has 10 nitrogen and oxygen atoms in total. The average Bonchev–Trinajstić information content (AvgIpc) is 3.40. The fraction of sp³-hybridized carbons (Fsp3) is 0.345. The van der Waals surface area contributed by atoms with Gasteiger partial charge in [-0.25, -0.2) is 4.68 Å². The molecule has 0 radical (unpaired) electrons. The molecule has 11 heteroatoms. The van der Waals surface area contributed by atoms with Crippen molar-refractivity contribution >= 4 is 34.7 Å². The molecule has 0 unspecified atom stereocenters. The van der Waals surface area contributed by atoms with Crippen molar-refractivity contribution < 1.29 is 14.3 Å². The van der Waals surface area contributed by atoms with E-state index in [1.54, 1.807) is 31.0 Å². The van der Waals surface area contributed by atoms with Crippen molar-refractivity contribution in [1.82, 2.24) is 15.1 Å². The van der Waals surface area contributed by atoms with E-state index in [9.17, 15) is 4.79 Å². The minimum atomic E-state index is -0.439. The number of carbonyl (C=O) groups excluding carboxylic acids is 1. The number of rotatable bonds is 7. The number of aromatic nitrogens is 2. The Morgan fingerprint density at radius 3 is 2.35 bits per heavy atom. The van der Waals surface area contributed by atoms with E-state index in [0.29, 0.717) is 34.3 Å². The Bertz CT molecular complexity index is 1320. The average molecular weight is 570 g/mol. The molecular formula is C29H40ClN7O3. The van der Waals surface area contributed by atoms with Crippen molar-refractivity contribution in [3.8, 4) is 22.8 Å². The van der Waals surface area contributed by atoms with Crippen LogP contribution in [0.2, 0.25) is 5.02 Å². The van der Waals surface area contributed by atoms with E-state index in [1.807, 2.05) is 50.3 Å². The maximum Gasteiger partial charge on any atom is 0.272 e. The van der Waals surface area contributed by atoms with Gasteiger partial charge in [-0.15, -0.1) is 0 Å². The second-order valence-electron chi connectivity index (χ2n) is 9.06. The minimum Gasteiger partial charge on any atom is -0.496 e. The van der Waals surface area contributed by atoms with Gasteiger partial charge in [0.15, 0.2) is 5.69 Å². The molecule has 0 spiro atoms. The first-order chi connectivity index (χ1) is 19.2. The predicted octanol–water partition coefficient (Wildman–Crippen LogP) is 5.18. The third-order valence-corrected chi connectivity index (χ3v) is 5.53. The number of fused-ring (bicyclic) bond motifs is 1. The van der Waals surface area contributed by atoms with Crippen LogP contribution in [0.1, 0.15) is 50.7 Å². The molecule has 0 bridgehead atoms. The largest absolute Gasteiger partial charge is 0.496 e. The second kappa shape index (κ2) is 15.4. The van der Waals surface area contributed by atoms with Crippen molar-refractivity contribution in [3.63, 3.8) is 0 Å². The molecule has 40 heavy (non-hydrogen) atoms. The zero-order valence-corrected chi connectivity index (χ0v) is 25.0. The van der Waals surface area contributed by atoms with Gasteiger partial charge in [0, 0.05) is 22.8 Å². The molecule has 0 atom stereocenters. The van der Waals surface area contributed by atoms with Gasteiger partial charge in [0.1, 0.15) is 17.3 Å². The number of amides is 1. The van der Waals surface area contributed by atoms with E-state index >= 15 is 0 Å². The Balaban J connectivity index is 0.000000858. The lowest BCUT2D eigenvalue weighted by Crippen LogP contribution is -2.34. The summed E-state index contributed by atoms with van der Waals surface area (Å²) in [6.45, 7) is 11.0. The molecule has 216 valence electrons. The zero-order chi connectivity index (χ0) is 29.8. The monoisotopic (exact) mass is 569 g/mol. The van der Waals surface area contributed by atoms with E-state index < -0.39 is 5.91 Å². The smallest absolute Gasteiger partial charge is 0.272 e. The first-order valence-corrected chi connectivity index (χ1v) is 13.4. The number of hydrazone groups is 1. The van der Waals surface area contributed by atoms with Gasteiger partial charge in [-0.05, 0) is 48.4 Å². The van der Waals surface area contributed by atoms with Gasteiger partial charge in [-0.3, -0.25) is 4.79 Å². The Morgan fingerprint density at radius 2 is 1.77 bits per heavy atom. The molecule has 1 aliphatic heterocycles. The Morgan fingerprint density at radius 1 is 1.15 bits per heavy atom. The SMILES string of the molecule is CC.CC(C)C.COc1cccc(OC)c1-c1cc(C(=O)NC/C(N)=N/N)nn1C1=CCNc2cc(Cl)ccc21. The van der Waals surface area contributed by atoms with E-state index in [1.165, 1.54) is 0 Å². The number of carbonyl (C=O) groups is 1. The lowest BCUT2D eigenvalue weighted by atomic mass is 10.0. The third-order valence-electron chi connectivity index (χ3n) is 5.30. The molecule has 2 heterocycles. The van der Waals surface area contributed by atoms with Gasteiger partial charge in [0.2, 0.25) is 0 Å². The number of amidine groups is 1. The molecule has 0 aliphatic carbocycles. The van der Waals surface area contributed by atoms with Crippen LogP contribution >= 0.6 is 11.6 Å². The van der Waals surface area contributed by atoms with Gasteiger partial charge in [-0.2, -0.15) is 10.2 Å². The Labute approximate surface area is 241 Å². The molecule has 0 saturated carbocycles. The van der Waals surface area contributed by atoms with Crippen LogP contribution in [0.15, 0.2) is 53.6 Å². The van der Waals surface area contributed by atoms with Crippen LogP contribution in [-0.4, -0.2) is 48.8 Å². The Kier molecular flexibility index (Phi) is 12.3. The van der Waals surface area contributed by atoms with Crippen molar-refractivity contribution in [2.24, 2.45) is 22.6 Å². The predicted molar refractivity (Wildman–Crippen MR) is 164 cm³/mol. The number of nitrogens with zero attached hydrogens (tertiary/aromatic N) is 3. The zero-order valence-electron chi connectivity index (χ0n) is 24.2. The molecule has 6 N–H and O–H groups in total. The van der Waals surface area contributed by atoms with Crippen LogP contribution in [0, 0.1) is 5.92 Å². The van der Waals surface area contributed by atoms with E-state index in [4.69, 9.17) is 32.7 Å². The number of ether oxygens (including phenoxy) is 2. The van der Waals surface area contributed by atoms with Crippen molar-refractivity contribution in [3.05, 3.63) is 64.8 Å². The highest BCUT2D eigenvalue weighted by atomic mass is 35.5. The summed E-state index contributed by atoms with van der Waals surface area (Å²) in [5.41, 5.74) is 9.54. The van der Waals surface area contributed by atoms with Gasteiger partial charge in [-0.1, -0.05) is 52.3 Å². The summed E-state index contributed by atoms with van der Waals surface area (Å²) < 4.78 is 12.9.